The smallest absolute Gasteiger partial charge is 0.0612 e. The van der Waals surface area contributed by atoms with E-state index < -0.39 is 0 Å². The quantitative estimate of drug-likeness (QED) is 0.697. The second kappa shape index (κ2) is 10.8. The molecule has 1 nitrogen and oxygen atoms in total. The first kappa shape index (κ1) is 14.8. The summed E-state index contributed by atoms with van der Waals surface area (Å²) in [7, 11) is 0. The van der Waals surface area contributed by atoms with Gasteiger partial charge in [0.15, 0.2) is 0 Å². The van der Waals surface area contributed by atoms with Gasteiger partial charge in [-0.2, -0.15) is 0 Å². The fraction of sp³-hybridized carbons (Fsp3) is 0.875. The molecule has 0 unspecified atom stereocenters. The summed E-state index contributed by atoms with van der Waals surface area (Å²) in [5.41, 5.74) is 0. The number of hydrogen-bond acceptors (Lipinski definition) is 1. The van der Waals surface area contributed by atoms with E-state index >= 15 is 0 Å². The summed E-state index contributed by atoms with van der Waals surface area (Å²) >= 11 is 0. The molecule has 17 heavy (non-hydrogen) atoms. The van der Waals surface area contributed by atoms with Crippen LogP contribution in [0.25, 0.3) is 0 Å². The Balaban J connectivity index is 2.24. The summed E-state index contributed by atoms with van der Waals surface area (Å²) in [4.78, 5) is 0. The van der Waals surface area contributed by atoms with Crippen LogP contribution in [0, 0.1) is 5.92 Å². The lowest BCUT2D eigenvalue weighted by Gasteiger charge is -2.16. The first-order valence-corrected chi connectivity index (χ1v) is 7.69. The lowest BCUT2D eigenvalue weighted by atomic mass is 9.90. The molecular formula is C16H30O. The van der Waals surface area contributed by atoms with E-state index in [-0.39, 0.29) is 6.61 Å². The molecule has 0 aromatic heterocycles. The van der Waals surface area contributed by atoms with Crippen LogP contribution in [-0.4, -0.2) is 11.7 Å². The number of aliphatic hydroxyl groups is 1. The van der Waals surface area contributed by atoms with Crippen LogP contribution in [0.4, 0.5) is 0 Å². The maximum Gasteiger partial charge on any atom is 0.0612 e. The van der Waals surface area contributed by atoms with Crippen molar-refractivity contribution in [2.45, 2.75) is 77.0 Å². The Morgan fingerprint density at radius 1 is 0.706 bits per heavy atom. The molecule has 0 amide bonds. The van der Waals surface area contributed by atoms with Crippen LogP contribution in [-0.2, 0) is 0 Å². The minimum Gasteiger partial charge on any atom is -0.392 e. The van der Waals surface area contributed by atoms with E-state index in [0.717, 1.165) is 5.92 Å². The van der Waals surface area contributed by atoms with E-state index in [4.69, 9.17) is 5.11 Å². The number of rotatable bonds is 3. The minimum absolute atomic E-state index is 0.201. The molecular weight excluding hydrogens is 208 g/mol. The van der Waals surface area contributed by atoms with Crippen LogP contribution in [0.1, 0.15) is 77.0 Å². The van der Waals surface area contributed by atoms with E-state index in [0.29, 0.717) is 0 Å². The second-order valence-electron chi connectivity index (χ2n) is 5.52. The SMILES string of the molecule is OCC=CCC1CCCCCCCCCCC1. The Morgan fingerprint density at radius 3 is 1.65 bits per heavy atom. The predicted octanol–water partition coefficient (Wildman–Crippen LogP) is 4.85. The number of hydrogen-bond donors (Lipinski definition) is 1. The minimum atomic E-state index is 0.201. The van der Waals surface area contributed by atoms with Gasteiger partial charge in [0.2, 0.25) is 0 Å². The maximum absolute atomic E-state index is 8.76. The highest BCUT2D eigenvalue weighted by molar-refractivity contribution is 4.83. The molecule has 0 atom stereocenters. The fourth-order valence-electron chi connectivity index (χ4n) is 2.85. The molecule has 0 aromatic carbocycles. The van der Waals surface area contributed by atoms with Gasteiger partial charge in [-0.25, -0.2) is 0 Å². The highest BCUT2D eigenvalue weighted by Gasteiger charge is 2.07. The fourth-order valence-corrected chi connectivity index (χ4v) is 2.85. The molecule has 0 bridgehead atoms. The number of allylic oxidation sites excluding steroid dienone is 1. The molecule has 1 aliphatic carbocycles. The third-order valence-corrected chi connectivity index (χ3v) is 3.97. The van der Waals surface area contributed by atoms with Crippen molar-refractivity contribution in [2.24, 2.45) is 5.92 Å². The van der Waals surface area contributed by atoms with Gasteiger partial charge >= 0.3 is 0 Å². The average molecular weight is 238 g/mol. The molecule has 1 fully saturated rings. The first-order chi connectivity index (χ1) is 8.43. The zero-order valence-electron chi connectivity index (χ0n) is 11.4. The molecule has 0 spiro atoms. The van der Waals surface area contributed by atoms with E-state index in [1.54, 1.807) is 0 Å². The zero-order chi connectivity index (χ0) is 12.2. The summed E-state index contributed by atoms with van der Waals surface area (Å²) in [6.07, 6.45) is 21.0. The average Bonchev–Trinajstić information content (AvgIpc) is 2.32. The molecule has 1 heteroatoms. The van der Waals surface area contributed by atoms with Crippen molar-refractivity contribution in [3.05, 3.63) is 12.2 Å². The first-order valence-electron chi connectivity index (χ1n) is 7.69. The van der Waals surface area contributed by atoms with Crippen LogP contribution >= 0.6 is 0 Å². The van der Waals surface area contributed by atoms with Crippen LogP contribution in [0.3, 0.4) is 0 Å². The van der Waals surface area contributed by atoms with Crippen molar-refractivity contribution in [2.75, 3.05) is 6.61 Å². The second-order valence-corrected chi connectivity index (χ2v) is 5.52. The molecule has 1 N–H and O–H groups in total. The van der Waals surface area contributed by atoms with E-state index in [9.17, 15) is 0 Å². The molecule has 100 valence electrons. The van der Waals surface area contributed by atoms with E-state index in [2.05, 4.69) is 6.08 Å². The number of aliphatic hydroxyl groups excluding tert-OH is 1. The van der Waals surface area contributed by atoms with Crippen LogP contribution in [0.15, 0.2) is 12.2 Å². The molecule has 1 saturated carbocycles. The lowest BCUT2D eigenvalue weighted by Crippen LogP contribution is -2.00. The van der Waals surface area contributed by atoms with Gasteiger partial charge in [-0.1, -0.05) is 82.8 Å². The summed E-state index contributed by atoms with van der Waals surface area (Å²) in [6.45, 7) is 0.201. The van der Waals surface area contributed by atoms with E-state index in [1.807, 2.05) is 6.08 Å². The summed E-state index contributed by atoms with van der Waals surface area (Å²) < 4.78 is 0. The molecule has 1 aliphatic rings. The molecule has 0 radical (unpaired) electrons. The van der Waals surface area contributed by atoms with Gasteiger partial charge in [0.05, 0.1) is 6.61 Å². The van der Waals surface area contributed by atoms with Gasteiger partial charge in [0.1, 0.15) is 0 Å². The van der Waals surface area contributed by atoms with Crippen molar-refractivity contribution in [1.29, 1.82) is 0 Å². The van der Waals surface area contributed by atoms with Gasteiger partial charge in [0, 0.05) is 0 Å². The van der Waals surface area contributed by atoms with Crippen molar-refractivity contribution in [3.63, 3.8) is 0 Å². The Hall–Kier alpha value is -0.300. The summed E-state index contributed by atoms with van der Waals surface area (Å²) in [5, 5.41) is 8.76. The monoisotopic (exact) mass is 238 g/mol. The van der Waals surface area contributed by atoms with Gasteiger partial charge in [-0.15, -0.1) is 0 Å². The van der Waals surface area contributed by atoms with Gasteiger partial charge in [-0.05, 0) is 12.3 Å². The Bertz CT molecular complexity index is 174. The third-order valence-electron chi connectivity index (χ3n) is 3.97. The topological polar surface area (TPSA) is 20.2 Å². The van der Waals surface area contributed by atoms with Crippen molar-refractivity contribution in [3.8, 4) is 0 Å². The van der Waals surface area contributed by atoms with Crippen molar-refractivity contribution in [1.82, 2.24) is 0 Å². The van der Waals surface area contributed by atoms with Crippen molar-refractivity contribution < 1.29 is 5.11 Å². The Labute approximate surface area is 107 Å². The molecule has 0 heterocycles. The maximum atomic E-state index is 8.76. The van der Waals surface area contributed by atoms with Crippen LogP contribution < -0.4 is 0 Å². The lowest BCUT2D eigenvalue weighted by molar-refractivity contribution is 0.341. The predicted molar refractivity (Wildman–Crippen MR) is 75.1 cm³/mol. The van der Waals surface area contributed by atoms with E-state index in [1.165, 1.54) is 77.0 Å². The van der Waals surface area contributed by atoms with Gasteiger partial charge in [-0.3, -0.25) is 0 Å². The standard InChI is InChI=1S/C16H30O/c17-15-11-10-14-16-12-8-6-4-2-1-3-5-7-9-13-16/h10-11,16-17H,1-9,12-15H2. The van der Waals surface area contributed by atoms with Gasteiger partial charge in [0.25, 0.3) is 0 Å². The van der Waals surface area contributed by atoms with Crippen molar-refractivity contribution >= 4 is 0 Å². The molecule has 0 saturated heterocycles. The Morgan fingerprint density at radius 2 is 1.18 bits per heavy atom. The molecule has 0 aliphatic heterocycles. The highest BCUT2D eigenvalue weighted by atomic mass is 16.2. The summed E-state index contributed by atoms with van der Waals surface area (Å²) in [5.74, 6) is 0.872. The largest absolute Gasteiger partial charge is 0.392 e. The zero-order valence-corrected chi connectivity index (χ0v) is 11.4. The van der Waals surface area contributed by atoms with Gasteiger partial charge < -0.3 is 5.11 Å². The third kappa shape index (κ3) is 8.43. The molecule has 0 aromatic rings. The Kier molecular flexibility index (Phi) is 9.40. The van der Waals surface area contributed by atoms with Crippen LogP contribution in [0.5, 0.6) is 0 Å². The summed E-state index contributed by atoms with van der Waals surface area (Å²) in [6, 6.07) is 0. The molecule has 1 rings (SSSR count). The highest BCUT2D eigenvalue weighted by Crippen LogP contribution is 2.23. The normalized spacial score (nSPS) is 22.2. The van der Waals surface area contributed by atoms with Crippen LogP contribution in [0.2, 0.25) is 0 Å².